The first-order valence-electron chi connectivity index (χ1n) is 3.58. The summed E-state index contributed by atoms with van der Waals surface area (Å²) in [6.07, 6.45) is 5.72. The summed E-state index contributed by atoms with van der Waals surface area (Å²) < 4.78 is 0. The first-order chi connectivity index (χ1) is 7.02. The molecule has 0 aliphatic rings. The van der Waals surface area contributed by atoms with Gasteiger partial charge in [0.25, 0.3) is 0 Å². The van der Waals surface area contributed by atoms with Gasteiger partial charge in [-0.1, -0.05) is 11.6 Å². The van der Waals surface area contributed by atoms with Crippen LogP contribution in [0.15, 0.2) is 30.7 Å². The summed E-state index contributed by atoms with van der Waals surface area (Å²) in [4.78, 5) is 26.5. The lowest BCUT2D eigenvalue weighted by atomic mass is 10.5. The second kappa shape index (κ2) is 7.45. The second-order valence-electron chi connectivity index (χ2n) is 2.04. The van der Waals surface area contributed by atoms with Crippen LogP contribution in [-0.2, 0) is 9.59 Å². The van der Waals surface area contributed by atoms with E-state index in [9.17, 15) is 9.59 Å². The van der Waals surface area contributed by atoms with E-state index in [0.717, 1.165) is 0 Å². The van der Waals surface area contributed by atoms with E-state index in [-0.39, 0.29) is 0 Å². The Hall–Kier alpha value is -1.95. The molecule has 0 saturated heterocycles. The maximum absolute atomic E-state index is 9.55. The van der Waals surface area contributed by atoms with Gasteiger partial charge in [-0.05, 0) is 0 Å². The molecule has 0 bridgehead atoms. The Morgan fingerprint density at radius 1 is 1.20 bits per heavy atom. The molecule has 1 aromatic heterocycles. The number of carbonyl (C=O) groups is 2. The predicted molar refractivity (Wildman–Crippen MR) is 51.5 cm³/mol. The third-order valence-corrected chi connectivity index (χ3v) is 1.10. The predicted octanol–water partition coefficient (Wildman–Crippen LogP) is 0.842. The molecule has 7 heteroatoms. The smallest absolute Gasteiger partial charge is 0.328 e. The number of halogens is 1. The molecule has 6 nitrogen and oxygen atoms in total. The number of hydrogen-bond acceptors (Lipinski definition) is 4. The third kappa shape index (κ3) is 9.97. The van der Waals surface area contributed by atoms with Crippen LogP contribution in [-0.4, -0.2) is 32.1 Å². The fourth-order valence-corrected chi connectivity index (χ4v) is 0.536. The molecule has 0 aromatic carbocycles. The molecular formula is C8H7ClN2O4. The number of carboxylic acids is 2. The number of hydrogen-bond donors (Lipinski definition) is 2. The van der Waals surface area contributed by atoms with Gasteiger partial charge in [0.2, 0.25) is 0 Å². The maximum atomic E-state index is 9.55. The molecule has 1 heterocycles. The van der Waals surface area contributed by atoms with Gasteiger partial charge in [-0.25, -0.2) is 14.6 Å². The van der Waals surface area contributed by atoms with Gasteiger partial charge in [0.15, 0.2) is 0 Å². The lowest BCUT2D eigenvalue weighted by molar-refractivity contribution is -0.134. The van der Waals surface area contributed by atoms with Gasteiger partial charge in [-0.3, -0.25) is 4.98 Å². The number of aliphatic carboxylic acids is 2. The molecule has 80 valence electrons. The van der Waals surface area contributed by atoms with Crippen molar-refractivity contribution in [1.82, 2.24) is 9.97 Å². The molecular weight excluding hydrogens is 224 g/mol. The van der Waals surface area contributed by atoms with Crippen LogP contribution in [0.1, 0.15) is 0 Å². The minimum atomic E-state index is -1.26. The first-order valence-corrected chi connectivity index (χ1v) is 3.95. The molecule has 0 aliphatic carbocycles. The van der Waals surface area contributed by atoms with E-state index in [1.165, 1.54) is 6.20 Å². The molecule has 1 rings (SSSR count). The molecule has 0 spiro atoms. The zero-order valence-electron chi connectivity index (χ0n) is 7.37. The van der Waals surface area contributed by atoms with E-state index >= 15 is 0 Å². The van der Waals surface area contributed by atoms with Crippen LogP contribution in [0.5, 0.6) is 0 Å². The highest BCUT2D eigenvalue weighted by Gasteiger charge is 1.88. The molecule has 0 radical (unpaired) electrons. The molecule has 0 saturated carbocycles. The zero-order chi connectivity index (χ0) is 11.7. The minimum Gasteiger partial charge on any atom is -0.478 e. The quantitative estimate of drug-likeness (QED) is 0.731. The standard InChI is InChI=1S/C4H3ClN2.C4H4O4/c5-4-3-6-1-2-7-4;5-3(6)1-2-4(7)8/h1-3H;1-2H,(H,5,6)(H,7,8)/b;2-1-. The van der Waals surface area contributed by atoms with Crippen molar-refractivity contribution in [2.75, 3.05) is 0 Å². The zero-order valence-corrected chi connectivity index (χ0v) is 8.13. The highest BCUT2D eigenvalue weighted by atomic mass is 35.5. The Labute approximate surface area is 89.9 Å². The minimum absolute atomic E-state index is 0.433. The average Bonchev–Trinajstić information content (AvgIpc) is 2.17. The van der Waals surface area contributed by atoms with Crippen LogP contribution in [0.4, 0.5) is 0 Å². The number of carboxylic acid groups (broad SMARTS) is 2. The average molecular weight is 231 g/mol. The normalized spacial score (nSPS) is 9.13. The summed E-state index contributed by atoms with van der Waals surface area (Å²) in [6.45, 7) is 0. The topological polar surface area (TPSA) is 100 Å². The van der Waals surface area contributed by atoms with E-state index in [1.54, 1.807) is 12.4 Å². The number of nitrogens with zero attached hydrogens (tertiary/aromatic N) is 2. The summed E-state index contributed by atoms with van der Waals surface area (Å²) in [5.41, 5.74) is 0. The van der Waals surface area contributed by atoms with E-state index in [0.29, 0.717) is 17.3 Å². The lowest BCUT2D eigenvalue weighted by Crippen LogP contribution is -1.91. The molecule has 0 unspecified atom stereocenters. The van der Waals surface area contributed by atoms with Gasteiger partial charge in [-0.2, -0.15) is 0 Å². The fraction of sp³-hybridized carbons (Fsp3) is 0. The van der Waals surface area contributed by atoms with Crippen LogP contribution < -0.4 is 0 Å². The third-order valence-electron chi connectivity index (χ3n) is 0.900. The highest BCUT2D eigenvalue weighted by Crippen LogP contribution is 1.95. The highest BCUT2D eigenvalue weighted by molar-refractivity contribution is 6.29. The van der Waals surface area contributed by atoms with Crippen LogP contribution >= 0.6 is 11.6 Å². The molecule has 0 amide bonds. The maximum Gasteiger partial charge on any atom is 0.328 e. The van der Waals surface area contributed by atoms with Crippen molar-refractivity contribution in [3.8, 4) is 0 Å². The summed E-state index contributed by atoms with van der Waals surface area (Å²) >= 11 is 5.37. The number of rotatable bonds is 2. The van der Waals surface area contributed by atoms with Gasteiger partial charge in [-0.15, -0.1) is 0 Å². The van der Waals surface area contributed by atoms with Gasteiger partial charge in [0, 0.05) is 24.5 Å². The lowest BCUT2D eigenvalue weighted by Gasteiger charge is -1.79. The van der Waals surface area contributed by atoms with Gasteiger partial charge < -0.3 is 10.2 Å². The summed E-state index contributed by atoms with van der Waals surface area (Å²) in [5.74, 6) is -2.51. The Balaban J connectivity index is 0.000000262. The molecule has 1 aromatic rings. The number of aromatic nitrogens is 2. The summed E-state index contributed by atoms with van der Waals surface area (Å²) in [7, 11) is 0. The Morgan fingerprint density at radius 2 is 1.73 bits per heavy atom. The van der Waals surface area contributed by atoms with E-state index in [1.807, 2.05) is 0 Å². The Kier molecular flexibility index (Phi) is 6.48. The fourth-order valence-electron chi connectivity index (χ4n) is 0.423. The van der Waals surface area contributed by atoms with Crippen molar-refractivity contribution in [2.24, 2.45) is 0 Å². The molecule has 0 aliphatic heterocycles. The van der Waals surface area contributed by atoms with E-state index < -0.39 is 11.9 Å². The molecule has 0 fully saturated rings. The van der Waals surface area contributed by atoms with Gasteiger partial charge in [0.05, 0.1) is 6.20 Å². The van der Waals surface area contributed by atoms with Crippen molar-refractivity contribution in [3.05, 3.63) is 35.9 Å². The Bertz CT molecular complexity index is 337. The van der Waals surface area contributed by atoms with E-state index in [4.69, 9.17) is 21.8 Å². The van der Waals surface area contributed by atoms with Crippen molar-refractivity contribution < 1.29 is 19.8 Å². The van der Waals surface area contributed by atoms with Crippen LogP contribution in [0.2, 0.25) is 5.15 Å². The second-order valence-corrected chi connectivity index (χ2v) is 2.43. The van der Waals surface area contributed by atoms with Gasteiger partial charge in [0.1, 0.15) is 5.15 Å². The van der Waals surface area contributed by atoms with Crippen molar-refractivity contribution in [3.63, 3.8) is 0 Å². The van der Waals surface area contributed by atoms with Crippen molar-refractivity contribution in [1.29, 1.82) is 0 Å². The van der Waals surface area contributed by atoms with Crippen LogP contribution in [0.3, 0.4) is 0 Å². The Morgan fingerprint density at radius 3 is 1.93 bits per heavy atom. The summed E-state index contributed by atoms with van der Waals surface area (Å²) in [6, 6.07) is 0. The first kappa shape index (κ1) is 13.1. The molecule has 2 N–H and O–H groups in total. The molecule has 0 atom stereocenters. The van der Waals surface area contributed by atoms with Crippen molar-refractivity contribution >= 4 is 23.5 Å². The van der Waals surface area contributed by atoms with E-state index in [2.05, 4.69) is 9.97 Å². The van der Waals surface area contributed by atoms with Crippen LogP contribution in [0, 0.1) is 0 Å². The SMILES string of the molecule is Clc1cnccn1.O=C(O)/C=C\C(=O)O. The summed E-state index contributed by atoms with van der Waals surface area (Å²) in [5, 5.41) is 16.1. The molecule has 15 heavy (non-hydrogen) atoms. The monoisotopic (exact) mass is 230 g/mol. The largest absolute Gasteiger partial charge is 0.478 e. The van der Waals surface area contributed by atoms with Crippen LogP contribution in [0.25, 0.3) is 0 Å². The van der Waals surface area contributed by atoms with Gasteiger partial charge >= 0.3 is 11.9 Å². The van der Waals surface area contributed by atoms with Crippen molar-refractivity contribution in [2.45, 2.75) is 0 Å².